The lowest BCUT2D eigenvalue weighted by Gasteiger charge is -2.15. The van der Waals surface area contributed by atoms with Crippen LogP contribution in [0.15, 0.2) is 45.8 Å². The molecule has 2 atom stereocenters. The Hall–Kier alpha value is -2.80. The van der Waals surface area contributed by atoms with Gasteiger partial charge in [0.1, 0.15) is 12.0 Å². The molecule has 148 valence electrons. The third-order valence-corrected chi connectivity index (χ3v) is 5.48. The van der Waals surface area contributed by atoms with Crippen molar-refractivity contribution in [3.63, 3.8) is 0 Å². The maximum Gasteiger partial charge on any atom is 0.404 e. The van der Waals surface area contributed by atoms with Gasteiger partial charge in [0.25, 0.3) is 0 Å². The van der Waals surface area contributed by atoms with Gasteiger partial charge in [0.05, 0.1) is 13.2 Å². The van der Waals surface area contributed by atoms with Crippen molar-refractivity contribution < 1.29 is 19.1 Å². The minimum Gasteiger partial charge on any atom is -0.486 e. The highest BCUT2D eigenvalue weighted by Crippen LogP contribution is 2.26. The Morgan fingerprint density at radius 2 is 2.00 bits per heavy atom. The van der Waals surface area contributed by atoms with Crippen molar-refractivity contribution in [2.24, 2.45) is 5.92 Å². The van der Waals surface area contributed by atoms with E-state index in [4.69, 9.17) is 14.3 Å². The first-order valence-electron chi connectivity index (χ1n) is 9.60. The molecular weight excluding hydrogens is 360 g/mol. The number of nitrogens with zero attached hydrogens (tertiary/aromatic N) is 1. The minimum atomic E-state index is -0.996. The minimum absolute atomic E-state index is 0.0329. The fraction of sp³-hybridized carbons (Fsp3) is 0.429. The molecule has 1 saturated carbocycles. The Bertz CT molecular complexity index is 885. The maximum absolute atomic E-state index is 12.4. The average Bonchev–Trinajstić information content (AvgIpc) is 3.26. The molecule has 1 aliphatic heterocycles. The highest BCUT2D eigenvalue weighted by Gasteiger charge is 2.26. The molecule has 28 heavy (non-hydrogen) atoms. The number of fused-ring (bicyclic) bond motifs is 1. The molecule has 2 aromatic rings. The van der Waals surface area contributed by atoms with Gasteiger partial charge in [-0.15, -0.1) is 0 Å². The second kappa shape index (κ2) is 8.06. The van der Waals surface area contributed by atoms with Crippen LogP contribution in [0.2, 0.25) is 0 Å². The lowest BCUT2D eigenvalue weighted by Crippen LogP contribution is -2.31. The van der Waals surface area contributed by atoms with E-state index in [-0.39, 0.29) is 23.1 Å². The van der Waals surface area contributed by atoms with Crippen molar-refractivity contribution in [1.82, 2.24) is 10.2 Å². The lowest BCUT2D eigenvalue weighted by molar-refractivity contribution is 0.188. The van der Waals surface area contributed by atoms with Crippen molar-refractivity contribution in [3.05, 3.63) is 63.7 Å². The van der Waals surface area contributed by atoms with E-state index in [2.05, 4.69) is 22.3 Å². The zero-order valence-electron chi connectivity index (χ0n) is 15.6. The van der Waals surface area contributed by atoms with E-state index >= 15 is 0 Å². The van der Waals surface area contributed by atoms with Crippen LogP contribution in [0.1, 0.15) is 36.1 Å². The highest BCUT2D eigenvalue weighted by atomic mass is 16.5. The van der Waals surface area contributed by atoms with Gasteiger partial charge in [0.15, 0.2) is 0 Å². The van der Waals surface area contributed by atoms with Gasteiger partial charge < -0.3 is 19.6 Å². The number of carbonyl (C=O) groups is 1. The van der Waals surface area contributed by atoms with E-state index in [0.717, 1.165) is 32.4 Å². The first kappa shape index (κ1) is 18.6. The first-order valence-corrected chi connectivity index (χ1v) is 9.60. The van der Waals surface area contributed by atoms with Crippen LogP contribution in [-0.4, -0.2) is 28.7 Å². The predicted molar refractivity (Wildman–Crippen MR) is 102 cm³/mol. The number of benzene rings is 1. The Morgan fingerprint density at radius 3 is 2.68 bits per heavy atom. The molecule has 2 aliphatic rings. The monoisotopic (exact) mass is 384 g/mol. The largest absolute Gasteiger partial charge is 0.486 e. The highest BCUT2D eigenvalue weighted by molar-refractivity contribution is 5.64. The van der Waals surface area contributed by atoms with Gasteiger partial charge >= 0.3 is 6.09 Å². The summed E-state index contributed by atoms with van der Waals surface area (Å²) in [6.07, 6.45) is 2.80. The molecule has 0 bridgehead atoms. The van der Waals surface area contributed by atoms with Gasteiger partial charge in [0.2, 0.25) is 11.2 Å². The molecule has 7 heteroatoms. The molecular formula is C21H24N2O5. The molecule has 0 saturated heterocycles. The standard InChI is InChI=1S/C21H24N2O5/c24-19-8-18(11-23-9-15-3-1-2-4-16(15)10-23)27-13-20(19)28-12-14-5-6-17(7-14)22-21(25)26/h1-4,8,13-14,17,22H,5-7,9-12H2,(H,25,26). The fourth-order valence-electron chi connectivity index (χ4n) is 4.10. The summed E-state index contributed by atoms with van der Waals surface area (Å²) in [5, 5.41) is 11.3. The molecule has 1 amide bonds. The Morgan fingerprint density at radius 1 is 1.25 bits per heavy atom. The summed E-state index contributed by atoms with van der Waals surface area (Å²) in [6.45, 7) is 2.68. The third kappa shape index (κ3) is 4.36. The van der Waals surface area contributed by atoms with E-state index in [1.54, 1.807) is 0 Å². The summed E-state index contributed by atoms with van der Waals surface area (Å²) in [4.78, 5) is 25.3. The molecule has 0 spiro atoms. The van der Waals surface area contributed by atoms with Crippen molar-refractivity contribution in [3.8, 4) is 5.75 Å². The van der Waals surface area contributed by atoms with Gasteiger partial charge in [-0.1, -0.05) is 24.3 Å². The molecule has 1 fully saturated rings. The first-order chi connectivity index (χ1) is 13.6. The number of carboxylic acid groups (broad SMARTS) is 1. The van der Waals surface area contributed by atoms with E-state index in [1.165, 1.54) is 23.5 Å². The topological polar surface area (TPSA) is 92.0 Å². The lowest BCUT2D eigenvalue weighted by atomic mass is 10.1. The molecule has 2 unspecified atom stereocenters. The third-order valence-electron chi connectivity index (χ3n) is 5.48. The summed E-state index contributed by atoms with van der Waals surface area (Å²) in [5.41, 5.74) is 2.45. The molecule has 4 rings (SSSR count). The Kier molecular flexibility index (Phi) is 5.34. The van der Waals surface area contributed by atoms with E-state index < -0.39 is 6.09 Å². The summed E-state index contributed by atoms with van der Waals surface area (Å²) < 4.78 is 11.3. The summed E-state index contributed by atoms with van der Waals surface area (Å²) in [6, 6.07) is 9.80. The van der Waals surface area contributed by atoms with Crippen LogP contribution in [0.3, 0.4) is 0 Å². The van der Waals surface area contributed by atoms with Crippen LogP contribution in [0.4, 0.5) is 4.79 Å². The van der Waals surface area contributed by atoms with Crippen molar-refractivity contribution >= 4 is 6.09 Å². The Labute approximate surface area is 162 Å². The molecule has 1 aromatic heterocycles. The summed E-state index contributed by atoms with van der Waals surface area (Å²) in [5.74, 6) is 1.07. The molecule has 7 nitrogen and oxygen atoms in total. The van der Waals surface area contributed by atoms with Crippen molar-refractivity contribution in [2.45, 2.75) is 44.9 Å². The van der Waals surface area contributed by atoms with Crippen LogP contribution >= 0.6 is 0 Å². The number of nitrogens with one attached hydrogen (secondary N) is 1. The van der Waals surface area contributed by atoms with E-state index in [1.807, 2.05) is 12.1 Å². The van der Waals surface area contributed by atoms with Crippen LogP contribution in [0, 0.1) is 5.92 Å². The smallest absolute Gasteiger partial charge is 0.404 e. The average molecular weight is 384 g/mol. The molecule has 2 N–H and O–H groups in total. The number of hydrogen-bond donors (Lipinski definition) is 2. The zero-order valence-corrected chi connectivity index (χ0v) is 15.6. The van der Waals surface area contributed by atoms with E-state index in [0.29, 0.717) is 18.9 Å². The quantitative estimate of drug-likeness (QED) is 0.796. The maximum atomic E-state index is 12.4. The molecule has 0 radical (unpaired) electrons. The number of hydrogen-bond acceptors (Lipinski definition) is 5. The number of rotatable bonds is 6. The van der Waals surface area contributed by atoms with E-state index in [9.17, 15) is 9.59 Å². The van der Waals surface area contributed by atoms with Gasteiger partial charge in [-0.05, 0) is 36.3 Å². The summed E-state index contributed by atoms with van der Waals surface area (Å²) in [7, 11) is 0. The number of ether oxygens (including phenoxy) is 1. The SMILES string of the molecule is O=C(O)NC1CCC(COc2coc(CN3Cc4ccccc4C3)cc2=O)C1. The van der Waals surface area contributed by atoms with Crippen LogP contribution in [0.25, 0.3) is 0 Å². The molecule has 1 aromatic carbocycles. The Balaban J connectivity index is 1.29. The predicted octanol–water partition coefficient (Wildman–Crippen LogP) is 2.97. The van der Waals surface area contributed by atoms with Gasteiger partial charge in [-0.2, -0.15) is 0 Å². The van der Waals surface area contributed by atoms with Crippen LogP contribution < -0.4 is 15.5 Å². The van der Waals surface area contributed by atoms with Gasteiger partial charge in [0, 0.05) is 25.2 Å². The van der Waals surface area contributed by atoms with Crippen molar-refractivity contribution in [2.75, 3.05) is 6.61 Å². The summed E-state index contributed by atoms with van der Waals surface area (Å²) >= 11 is 0. The van der Waals surface area contributed by atoms with Crippen molar-refractivity contribution in [1.29, 1.82) is 0 Å². The van der Waals surface area contributed by atoms with Gasteiger partial charge in [-0.3, -0.25) is 9.69 Å². The second-order valence-corrected chi connectivity index (χ2v) is 7.63. The molecule has 1 aliphatic carbocycles. The van der Waals surface area contributed by atoms with Gasteiger partial charge in [-0.25, -0.2) is 4.79 Å². The van der Waals surface area contributed by atoms with Crippen LogP contribution in [0.5, 0.6) is 5.75 Å². The zero-order chi connectivity index (χ0) is 19.5. The normalized spacial score (nSPS) is 21.4. The van der Waals surface area contributed by atoms with Crippen LogP contribution in [-0.2, 0) is 19.6 Å². The number of amides is 1. The fourth-order valence-corrected chi connectivity index (χ4v) is 4.10. The molecule has 2 heterocycles. The second-order valence-electron chi connectivity index (χ2n) is 7.63.